The van der Waals surface area contributed by atoms with E-state index in [4.69, 9.17) is 23.2 Å². The molecule has 0 aliphatic heterocycles. The maximum atomic E-state index is 12.4. The van der Waals surface area contributed by atoms with Gasteiger partial charge in [0.25, 0.3) is 5.91 Å². The first-order chi connectivity index (χ1) is 9.65. The fourth-order valence-electron chi connectivity index (χ4n) is 2.63. The number of carbonyl (C=O) groups is 1. The van der Waals surface area contributed by atoms with E-state index in [0.29, 0.717) is 22.4 Å². The Hall–Kier alpha value is -0.380. The van der Waals surface area contributed by atoms with E-state index in [1.807, 2.05) is 18.4 Å². The molecule has 0 bridgehead atoms. The van der Waals surface area contributed by atoms with Crippen molar-refractivity contribution in [2.45, 2.75) is 36.6 Å². The van der Waals surface area contributed by atoms with Crippen LogP contribution in [0, 0.1) is 5.92 Å². The first-order valence-electron chi connectivity index (χ1n) is 6.86. The molecule has 0 heterocycles. The Balaban J connectivity index is 2.11. The molecule has 2 atom stereocenters. The molecule has 1 aromatic carbocycles. The number of rotatable bonds is 4. The van der Waals surface area contributed by atoms with Gasteiger partial charge in [0.05, 0.1) is 10.6 Å². The standard InChI is InChI=1S/C15H19Cl2NOS/c1-20-11-6-7-13(17)12(8-11)15(19)18-14-5-3-2-4-10(14)9-16/h6-8,10,14H,2-5,9H2,1H3,(H,18,19). The van der Waals surface area contributed by atoms with Crippen molar-refractivity contribution in [1.82, 2.24) is 5.32 Å². The Morgan fingerprint density at radius 2 is 2.15 bits per heavy atom. The van der Waals surface area contributed by atoms with Crippen molar-refractivity contribution < 1.29 is 4.79 Å². The summed E-state index contributed by atoms with van der Waals surface area (Å²) in [5.74, 6) is 0.883. The van der Waals surface area contributed by atoms with Gasteiger partial charge in [0.15, 0.2) is 0 Å². The maximum Gasteiger partial charge on any atom is 0.253 e. The minimum absolute atomic E-state index is 0.0899. The Bertz CT molecular complexity index is 481. The van der Waals surface area contributed by atoms with E-state index >= 15 is 0 Å². The molecule has 1 N–H and O–H groups in total. The number of halogens is 2. The monoisotopic (exact) mass is 331 g/mol. The largest absolute Gasteiger partial charge is 0.349 e. The summed E-state index contributed by atoms with van der Waals surface area (Å²) in [5.41, 5.74) is 0.553. The molecule has 1 aliphatic rings. The Labute approximate surface area is 134 Å². The van der Waals surface area contributed by atoms with Gasteiger partial charge in [-0.25, -0.2) is 0 Å². The molecule has 1 fully saturated rings. The number of benzene rings is 1. The van der Waals surface area contributed by atoms with Crippen LogP contribution in [0.3, 0.4) is 0 Å². The van der Waals surface area contributed by atoms with E-state index in [-0.39, 0.29) is 11.9 Å². The van der Waals surface area contributed by atoms with Gasteiger partial charge in [0, 0.05) is 16.8 Å². The molecule has 1 aromatic rings. The third kappa shape index (κ3) is 3.84. The lowest BCUT2D eigenvalue weighted by molar-refractivity contribution is 0.0911. The normalized spacial score (nSPS) is 22.6. The van der Waals surface area contributed by atoms with Crippen LogP contribution in [0.1, 0.15) is 36.0 Å². The predicted molar refractivity (Wildman–Crippen MR) is 87.2 cm³/mol. The highest BCUT2D eigenvalue weighted by molar-refractivity contribution is 7.98. The molecule has 1 amide bonds. The first-order valence-corrected chi connectivity index (χ1v) is 8.99. The molecule has 2 unspecified atom stereocenters. The van der Waals surface area contributed by atoms with Crippen molar-refractivity contribution in [3.63, 3.8) is 0 Å². The molecule has 0 aromatic heterocycles. The van der Waals surface area contributed by atoms with Crippen molar-refractivity contribution in [1.29, 1.82) is 0 Å². The minimum atomic E-state index is -0.0899. The molecule has 1 aliphatic carbocycles. The van der Waals surface area contributed by atoms with Crippen LogP contribution in [0.4, 0.5) is 0 Å². The predicted octanol–water partition coefficient (Wildman–Crippen LogP) is 4.59. The summed E-state index contributed by atoms with van der Waals surface area (Å²) in [6.45, 7) is 0. The summed E-state index contributed by atoms with van der Waals surface area (Å²) in [6.07, 6.45) is 6.43. The summed E-state index contributed by atoms with van der Waals surface area (Å²) in [7, 11) is 0. The van der Waals surface area contributed by atoms with Gasteiger partial charge in [0.2, 0.25) is 0 Å². The fraction of sp³-hybridized carbons (Fsp3) is 0.533. The SMILES string of the molecule is CSc1ccc(Cl)c(C(=O)NC2CCCCC2CCl)c1. The summed E-state index contributed by atoms with van der Waals surface area (Å²) >= 11 is 13.7. The molecule has 20 heavy (non-hydrogen) atoms. The van der Waals surface area contributed by atoms with Gasteiger partial charge in [-0.1, -0.05) is 24.4 Å². The number of hydrogen-bond donors (Lipinski definition) is 1. The van der Waals surface area contributed by atoms with Gasteiger partial charge < -0.3 is 5.32 Å². The van der Waals surface area contributed by atoms with Gasteiger partial charge in [0.1, 0.15) is 0 Å². The van der Waals surface area contributed by atoms with Crippen LogP contribution in [-0.4, -0.2) is 24.1 Å². The van der Waals surface area contributed by atoms with E-state index in [2.05, 4.69) is 5.32 Å². The number of thioether (sulfide) groups is 1. The quantitative estimate of drug-likeness (QED) is 0.645. The highest BCUT2D eigenvalue weighted by Gasteiger charge is 2.26. The highest BCUT2D eigenvalue weighted by Crippen LogP contribution is 2.27. The van der Waals surface area contributed by atoms with E-state index < -0.39 is 0 Å². The summed E-state index contributed by atoms with van der Waals surface area (Å²) in [5, 5.41) is 3.61. The smallest absolute Gasteiger partial charge is 0.253 e. The van der Waals surface area contributed by atoms with Gasteiger partial charge in [-0.2, -0.15) is 0 Å². The van der Waals surface area contributed by atoms with Crippen molar-refractivity contribution in [3.8, 4) is 0 Å². The lowest BCUT2D eigenvalue weighted by atomic mass is 9.85. The maximum absolute atomic E-state index is 12.4. The first kappa shape index (κ1) is 16.0. The molecule has 110 valence electrons. The van der Waals surface area contributed by atoms with Gasteiger partial charge in [-0.3, -0.25) is 4.79 Å². The molecular weight excluding hydrogens is 313 g/mol. The summed E-state index contributed by atoms with van der Waals surface area (Å²) in [4.78, 5) is 13.5. The second kappa shape index (κ2) is 7.58. The zero-order chi connectivity index (χ0) is 14.5. The molecule has 0 saturated heterocycles. The fourth-order valence-corrected chi connectivity index (χ4v) is 3.65. The number of hydrogen-bond acceptors (Lipinski definition) is 2. The van der Waals surface area contributed by atoms with Crippen LogP contribution in [0.2, 0.25) is 5.02 Å². The minimum Gasteiger partial charge on any atom is -0.349 e. The molecule has 0 spiro atoms. The van der Waals surface area contributed by atoms with E-state index in [9.17, 15) is 4.79 Å². The molecule has 2 rings (SSSR count). The van der Waals surface area contributed by atoms with Crippen LogP contribution in [0.25, 0.3) is 0 Å². The Morgan fingerprint density at radius 1 is 1.40 bits per heavy atom. The van der Waals surface area contributed by atoms with Gasteiger partial charge in [-0.05, 0) is 43.2 Å². The third-order valence-corrected chi connectivity index (χ3v) is 5.29. The number of amides is 1. The van der Waals surface area contributed by atoms with Crippen LogP contribution < -0.4 is 5.32 Å². The number of nitrogens with one attached hydrogen (secondary N) is 1. The zero-order valence-electron chi connectivity index (χ0n) is 11.5. The lowest BCUT2D eigenvalue weighted by Gasteiger charge is -2.31. The molecule has 1 saturated carbocycles. The average molecular weight is 332 g/mol. The number of carbonyl (C=O) groups excluding carboxylic acids is 1. The average Bonchev–Trinajstić information content (AvgIpc) is 2.48. The molecule has 5 heteroatoms. The molecule has 0 radical (unpaired) electrons. The summed E-state index contributed by atoms with van der Waals surface area (Å²) in [6, 6.07) is 5.72. The lowest BCUT2D eigenvalue weighted by Crippen LogP contribution is -2.42. The van der Waals surface area contributed by atoms with Crippen LogP contribution in [-0.2, 0) is 0 Å². The van der Waals surface area contributed by atoms with Crippen LogP contribution in [0.15, 0.2) is 23.1 Å². The third-order valence-electron chi connectivity index (χ3n) is 3.84. The second-order valence-electron chi connectivity index (χ2n) is 5.12. The summed E-state index contributed by atoms with van der Waals surface area (Å²) < 4.78 is 0. The zero-order valence-corrected chi connectivity index (χ0v) is 13.8. The second-order valence-corrected chi connectivity index (χ2v) is 6.72. The highest BCUT2D eigenvalue weighted by atomic mass is 35.5. The topological polar surface area (TPSA) is 29.1 Å². The van der Waals surface area contributed by atoms with Gasteiger partial charge >= 0.3 is 0 Å². The van der Waals surface area contributed by atoms with Crippen molar-refractivity contribution in [2.75, 3.05) is 12.1 Å². The van der Waals surface area contributed by atoms with E-state index in [1.165, 1.54) is 6.42 Å². The Morgan fingerprint density at radius 3 is 2.85 bits per heavy atom. The number of alkyl halides is 1. The van der Waals surface area contributed by atoms with Gasteiger partial charge in [-0.15, -0.1) is 23.4 Å². The van der Waals surface area contributed by atoms with Crippen LogP contribution >= 0.6 is 35.0 Å². The Kier molecular flexibility index (Phi) is 6.06. The van der Waals surface area contributed by atoms with E-state index in [1.54, 1.807) is 17.8 Å². The van der Waals surface area contributed by atoms with Crippen molar-refractivity contribution in [3.05, 3.63) is 28.8 Å². The molecular formula is C15H19Cl2NOS. The van der Waals surface area contributed by atoms with Crippen LogP contribution in [0.5, 0.6) is 0 Å². The van der Waals surface area contributed by atoms with E-state index in [0.717, 1.165) is 24.2 Å². The van der Waals surface area contributed by atoms with Crippen molar-refractivity contribution in [2.24, 2.45) is 5.92 Å². The van der Waals surface area contributed by atoms with Crippen molar-refractivity contribution >= 4 is 40.9 Å². The molecule has 2 nitrogen and oxygen atoms in total.